The molecule has 0 aliphatic carbocycles. The molecule has 4 heteroatoms. The Bertz CT molecular complexity index is 815. The smallest absolute Gasteiger partial charge is 0.131 e. The summed E-state index contributed by atoms with van der Waals surface area (Å²) >= 11 is 12.5. The van der Waals surface area contributed by atoms with Crippen molar-refractivity contribution in [3.63, 3.8) is 0 Å². The molecule has 0 bridgehead atoms. The summed E-state index contributed by atoms with van der Waals surface area (Å²) < 4.78 is 27.0. The minimum Gasteiger partial charge on any atom is -0.207 e. The molecular weight excluding hydrogens is 313 g/mol. The number of hydrogen-bond acceptors (Lipinski definition) is 0. The Morgan fingerprint density at radius 1 is 0.810 bits per heavy atom. The Labute approximate surface area is 130 Å². The van der Waals surface area contributed by atoms with E-state index in [1.165, 1.54) is 18.2 Å². The van der Waals surface area contributed by atoms with Gasteiger partial charge in [-0.05, 0) is 34.7 Å². The molecule has 1 unspecified atom stereocenters. The van der Waals surface area contributed by atoms with E-state index in [0.717, 1.165) is 10.9 Å². The highest BCUT2D eigenvalue weighted by atomic mass is 35.5. The molecule has 0 aromatic heterocycles. The van der Waals surface area contributed by atoms with Gasteiger partial charge in [0.1, 0.15) is 11.6 Å². The van der Waals surface area contributed by atoms with Crippen LogP contribution in [0.25, 0.3) is 10.8 Å². The van der Waals surface area contributed by atoms with Gasteiger partial charge >= 0.3 is 0 Å². The molecule has 0 radical (unpaired) electrons. The van der Waals surface area contributed by atoms with Crippen LogP contribution < -0.4 is 0 Å². The van der Waals surface area contributed by atoms with Gasteiger partial charge in [-0.2, -0.15) is 0 Å². The molecule has 0 saturated carbocycles. The average molecular weight is 323 g/mol. The van der Waals surface area contributed by atoms with Gasteiger partial charge in [-0.25, -0.2) is 8.78 Å². The van der Waals surface area contributed by atoms with Crippen molar-refractivity contribution in [1.29, 1.82) is 0 Å². The van der Waals surface area contributed by atoms with Crippen LogP contribution in [-0.2, 0) is 0 Å². The average Bonchev–Trinajstić information content (AvgIpc) is 2.47. The van der Waals surface area contributed by atoms with Crippen molar-refractivity contribution in [2.24, 2.45) is 0 Å². The Morgan fingerprint density at radius 3 is 2.19 bits per heavy atom. The van der Waals surface area contributed by atoms with E-state index < -0.39 is 11.2 Å². The molecule has 0 aliphatic rings. The lowest BCUT2D eigenvalue weighted by Gasteiger charge is -2.15. The highest BCUT2D eigenvalue weighted by Crippen LogP contribution is 2.37. The molecule has 0 spiro atoms. The predicted molar refractivity (Wildman–Crippen MR) is 83.0 cm³/mol. The first-order valence-corrected chi connectivity index (χ1v) is 7.15. The first-order valence-electron chi connectivity index (χ1n) is 6.34. The molecule has 0 saturated heterocycles. The normalized spacial score (nSPS) is 12.6. The quantitative estimate of drug-likeness (QED) is 0.500. The van der Waals surface area contributed by atoms with Crippen LogP contribution in [0.4, 0.5) is 8.78 Å². The molecular formula is C17H10Cl2F2. The lowest BCUT2D eigenvalue weighted by Crippen LogP contribution is -1.97. The summed E-state index contributed by atoms with van der Waals surface area (Å²) in [6, 6.07) is 14.2. The zero-order chi connectivity index (χ0) is 15.0. The van der Waals surface area contributed by atoms with Gasteiger partial charge in [0.15, 0.2) is 0 Å². The molecule has 21 heavy (non-hydrogen) atoms. The molecule has 0 fully saturated rings. The maximum Gasteiger partial charge on any atom is 0.131 e. The molecule has 0 N–H and O–H groups in total. The monoisotopic (exact) mass is 322 g/mol. The second-order valence-electron chi connectivity index (χ2n) is 4.71. The van der Waals surface area contributed by atoms with Gasteiger partial charge < -0.3 is 0 Å². The summed E-state index contributed by atoms with van der Waals surface area (Å²) in [6.45, 7) is 0. The van der Waals surface area contributed by atoms with Crippen LogP contribution in [0, 0.1) is 11.6 Å². The van der Waals surface area contributed by atoms with E-state index in [1.54, 1.807) is 30.3 Å². The van der Waals surface area contributed by atoms with Crippen LogP contribution in [0.15, 0.2) is 54.6 Å². The van der Waals surface area contributed by atoms with Crippen LogP contribution >= 0.6 is 23.2 Å². The van der Waals surface area contributed by atoms with Crippen molar-refractivity contribution >= 4 is 34.0 Å². The minimum absolute atomic E-state index is 0.253. The first kappa shape index (κ1) is 14.3. The van der Waals surface area contributed by atoms with E-state index >= 15 is 0 Å². The fraction of sp³-hybridized carbons (Fsp3) is 0.0588. The third kappa shape index (κ3) is 2.61. The van der Waals surface area contributed by atoms with Crippen molar-refractivity contribution in [2.45, 2.75) is 5.38 Å². The van der Waals surface area contributed by atoms with Gasteiger partial charge in [-0.3, -0.25) is 0 Å². The van der Waals surface area contributed by atoms with E-state index in [1.807, 2.05) is 6.07 Å². The van der Waals surface area contributed by atoms with Crippen LogP contribution in [0.1, 0.15) is 16.5 Å². The lowest BCUT2D eigenvalue weighted by molar-refractivity contribution is 0.627. The van der Waals surface area contributed by atoms with Crippen molar-refractivity contribution in [3.05, 3.63) is 82.4 Å². The zero-order valence-corrected chi connectivity index (χ0v) is 12.3. The van der Waals surface area contributed by atoms with Crippen molar-refractivity contribution < 1.29 is 8.78 Å². The topological polar surface area (TPSA) is 0 Å². The van der Waals surface area contributed by atoms with Crippen LogP contribution in [0.2, 0.25) is 5.02 Å². The van der Waals surface area contributed by atoms with E-state index in [2.05, 4.69) is 0 Å². The molecule has 3 aromatic rings. The van der Waals surface area contributed by atoms with Gasteiger partial charge in [0.25, 0.3) is 0 Å². The number of halogens is 4. The summed E-state index contributed by atoms with van der Waals surface area (Å²) in [7, 11) is 0. The summed E-state index contributed by atoms with van der Waals surface area (Å²) in [6.07, 6.45) is 0. The number of alkyl halides is 1. The van der Waals surface area contributed by atoms with Crippen LogP contribution in [0.3, 0.4) is 0 Å². The van der Waals surface area contributed by atoms with Crippen molar-refractivity contribution in [2.75, 3.05) is 0 Å². The third-order valence-electron chi connectivity index (χ3n) is 3.41. The molecule has 0 heterocycles. The Hall–Kier alpha value is -1.64. The third-order valence-corrected chi connectivity index (χ3v) is 4.21. The molecule has 3 aromatic carbocycles. The fourth-order valence-electron chi connectivity index (χ4n) is 2.38. The molecule has 0 nitrogen and oxygen atoms in total. The minimum atomic E-state index is -0.580. The Kier molecular flexibility index (Phi) is 3.83. The van der Waals surface area contributed by atoms with Crippen molar-refractivity contribution in [1.82, 2.24) is 0 Å². The zero-order valence-electron chi connectivity index (χ0n) is 10.8. The number of hydrogen-bond donors (Lipinski definition) is 0. The van der Waals surface area contributed by atoms with Gasteiger partial charge in [0, 0.05) is 10.4 Å². The van der Waals surface area contributed by atoms with Gasteiger partial charge in [0.2, 0.25) is 0 Å². The molecule has 106 valence electrons. The molecule has 3 rings (SSSR count). The van der Waals surface area contributed by atoms with Gasteiger partial charge in [0.05, 0.1) is 5.38 Å². The summed E-state index contributed by atoms with van der Waals surface area (Å²) in [5, 5.41) is 0.892. The molecule has 0 aliphatic heterocycles. The molecule has 1 atom stereocenters. The van der Waals surface area contributed by atoms with E-state index in [0.29, 0.717) is 10.9 Å². The lowest BCUT2D eigenvalue weighted by atomic mass is 9.97. The predicted octanol–water partition coefficient (Wildman–Crippen LogP) is 6.10. The van der Waals surface area contributed by atoms with Crippen molar-refractivity contribution in [3.8, 4) is 0 Å². The highest BCUT2D eigenvalue weighted by molar-refractivity contribution is 6.33. The number of benzene rings is 3. The highest BCUT2D eigenvalue weighted by Gasteiger charge is 2.18. The second kappa shape index (κ2) is 5.63. The van der Waals surface area contributed by atoms with Gasteiger partial charge in [-0.15, -0.1) is 11.6 Å². The second-order valence-corrected chi connectivity index (χ2v) is 5.55. The van der Waals surface area contributed by atoms with E-state index in [9.17, 15) is 8.78 Å². The Balaban J connectivity index is 2.18. The number of rotatable bonds is 2. The summed E-state index contributed by atoms with van der Waals surface area (Å²) in [5.74, 6) is -0.722. The summed E-state index contributed by atoms with van der Waals surface area (Å²) in [4.78, 5) is 0. The Morgan fingerprint density at radius 2 is 1.48 bits per heavy atom. The standard InChI is InChI=1S/C17H10Cl2F2/c18-15-9-10(20)5-6-14(15)17(19)13-7-8-16(21)12-4-2-1-3-11(12)13/h1-9,17H. The summed E-state index contributed by atoms with van der Waals surface area (Å²) in [5.41, 5.74) is 1.33. The maximum absolute atomic E-state index is 13.8. The van der Waals surface area contributed by atoms with Crippen LogP contribution in [-0.4, -0.2) is 0 Å². The van der Waals surface area contributed by atoms with Gasteiger partial charge in [-0.1, -0.05) is 48.0 Å². The van der Waals surface area contributed by atoms with Crippen LogP contribution in [0.5, 0.6) is 0 Å². The first-order chi connectivity index (χ1) is 10.1. The fourth-order valence-corrected chi connectivity index (χ4v) is 3.09. The largest absolute Gasteiger partial charge is 0.207 e. The molecule has 0 amide bonds. The maximum atomic E-state index is 13.8. The SMILES string of the molecule is Fc1ccc(C(Cl)c2ccc(F)c3ccccc23)c(Cl)c1. The van der Waals surface area contributed by atoms with E-state index in [-0.39, 0.29) is 10.8 Å². The van der Waals surface area contributed by atoms with E-state index in [4.69, 9.17) is 23.2 Å². The number of fused-ring (bicyclic) bond motifs is 1.